The van der Waals surface area contributed by atoms with Gasteiger partial charge in [-0.3, -0.25) is 4.72 Å². The highest BCUT2D eigenvalue weighted by molar-refractivity contribution is 7.98. The summed E-state index contributed by atoms with van der Waals surface area (Å²) >= 11 is 0.908. The molecule has 14 heteroatoms. The van der Waals surface area contributed by atoms with Crippen molar-refractivity contribution in [1.82, 2.24) is 19.6 Å². The fourth-order valence-electron chi connectivity index (χ4n) is 3.28. The van der Waals surface area contributed by atoms with E-state index < -0.39 is 33.9 Å². The first kappa shape index (κ1) is 26.1. The third kappa shape index (κ3) is 6.74. The monoisotopic (exact) mass is 517 g/mol. The molecule has 10 nitrogen and oxygen atoms in total. The van der Waals surface area contributed by atoms with Crippen molar-refractivity contribution in [1.29, 1.82) is 0 Å². The molecule has 1 aromatic carbocycles. The van der Waals surface area contributed by atoms with Gasteiger partial charge in [-0.05, 0) is 26.8 Å². The number of aliphatic carboxylic acids is 1. The average Bonchev–Trinajstić information content (AvgIpc) is 2.73. The predicted octanol–water partition coefficient (Wildman–Crippen LogP) is 2.24. The lowest BCUT2D eigenvalue weighted by atomic mass is 10.2. The third-order valence-electron chi connectivity index (χ3n) is 4.81. The summed E-state index contributed by atoms with van der Waals surface area (Å²) in [7, 11) is -4.00. The maximum Gasteiger partial charge on any atom is 0.344 e. The molecule has 1 saturated heterocycles. The van der Waals surface area contributed by atoms with E-state index in [1.165, 1.54) is 29.4 Å². The van der Waals surface area contributed by atoms with Gasteiger partial charge >= 0.3 is 16.2 Å². The van der Waals surface area contributed by atoms with Gasteiger partial charge in [0.15, 0.2) is 22.9 Å². The van der Waals surface area contributed by atoms with E-state index in [9.17, 15) is 22.0 Å². The molecule has 0 aliphatic carbocycles. The molecule has 2 aromatic rings. The van der Waals surface area contributed by atoms with Crippen molar-refractivity contribution < 1.29 is 31.8 Å². The lowest BCUT2D eigenvalue weighted by Gasteiger charge is -2.35. The molecule has 3 N–H and O–H groups in total. The fraction of sp³-hybridized carbons (Fsp3) is 0.450. The number of carboxylic acid groups (broad SMARTS) is 1. The second-order valence-corrected chi connectivity index (χ2v) is 10.5. The van der Waals surface area contributed by atoms with Crippen LogP contribution in [0.5, 0.6) is 5.88 Å². The molecule has 1 aromatic heterocycles. The zero-order valence-corrected chi connectivity index (χ0v) is 20.3. The Morgan fingerprint density at radius 3 is 2.65 bits per heavy atom. The minimum absolute atomic E-state index is 0.0153. The van der Waals surface area contributed by atoms with E-state index >= 15 is 0 Å². The molecule has 0 spiro atoms. The van der Waals surface area contributed by atoms with E-state index in [2.05, 4.69) is 20.0 Å². The molecule has 186 valence electrons. The smallest absolute Gasteiger partial charge is 0.344 e. The number of ether oxygens (including phenoxy) is 1. The molecule has 3 atom stereocenters. The Labute approximate surface area is 200 Å². The Morgan fingerprint density at radius 1 is 1.32 bits per heavy atom. The molecular formula is C20H25F2N5O5S2. The summed E-state index contributed by atoms with van der Waals surface area (Å²) in [6.07, 6.45) is -1.27. The number of hydrogen-bond acceptors (Lipinski definition) is 8. The quantitative estimate of drug-likeness (QED) is 0.338. The Balaban J connectivity index is 1.86. The number of aromatic nitrogens is 2. The molecule has 34 heavy (non-hydrogen) atoms. The van der Waals surface area contributed by atoms with E-state index in [4.69, 9.17) is 9.84 Å². The van der Waals surface area contributed by atoms with Crippen LogP contribution in [0.2, 0.25) is 0 Å². The van der Waals surface area contributed by atoms with Crippen LogP contribution in [0.4, 0.5) is 14.6 Å². The number of rotatable bonds is 9. The number of halogens is 2. The van der Waals surface area contributed by atoms with E-state index in [0.717, 1.165) is 17.8 Å². The Hall–Kier alpha value is -2.55. The van der Waals surface area contributed by atoms with Gasteiger partial charge in [0.2, 0.25) is 5.88 Å². The Kier molecular flexibility index (Phi) is 8.28. The SMILES string of the molecule is CC1CN(S(=O)(=O)Nc2cc(O[C@H](C)C(=O)O)nc(SCc3cccc(F)c3F)n2)CC(C)N1. The number of hydrogen-bond donors (Lipinski definition) is 3. The molecule has 0 radical (unpaired) electrons. The Bertz CT molecular complexity index is 1140. The predicted molar refractivity (Wildman–Crippen MR) is 122 cm³/mol. The maximum atomic E-state index is 14.0. The molecule has 1 fully saturated rings. The van der Waals surface area contributed by atoms with Gasteiger partial charge in [-0.15, -0.1) is 0 Å². The van der Waals surface area contributed by atoms with Crippen molar-refractivity contribution in [3.05, 3.63) is 41.5 Å². The van der Waals surface area contributed by atoms with Gasteiger partial charge in [-0.2, -0.15) is 17.7 Å². The van der Waals surface area contributed by atoms with Crippen molar-refractivity contribution >= 4 is 33.8 Å². The minimum atomic E-state index is -4.00. The normalized spacial score (nSPS) is 20.0. The largest absolute Gasteiger partial charge is 0.479 e. The lowest BCUT2D eigenvalue weighted by Crippen LogP contribution is -2.56. The van der Waals surface area contributed by atoms with Gasteiger partial charge in [0.25, 0.3) is 0 Å². The number of carbonyl (C=O) groups is 1. The Morgan fingerprint density at radius 2 is 2.00 bits per heavy atom. The van der Waals surface area contributed by atoms with Crippen LogP contribution in [0.1, 0.15) is 26.3 Å². The molecule has 1 aliphatic heterocycles. The first-order valence-electron chi connectivity index (χ1n) is 10.3. The molecule has 0 bridgehead atoms. The van der Waals surface area contributed by atoms with Gasteiger partial charge in [-0.25, -0.2) is 18.6 Å². The molecular weight excluding hydrogens is 492 g/mol. The summed E-state index contributed by atoms with van der Waals surface area (Å²) in [5, 5.41) is 12.3. The van der Waals surface area contributed by atoms with Gasteiger partial charge in [0.1, 0.15) is 5.82 Å². The van der Waals surface area contributed by atoms with Crippen LogP contribution in [0.15, 0.2) is 29.4 Å². The number of anilines is 1. The highest BCUT2D eigenvalue weighted by Gasteiger charge is 2.30. The van der Waals surface area contributed by atoms with Crippen molar-refractivity contribution in [2.24, 2.45) is 0 Å². The third-order valence-corrected chi connectivity index (χ3v) is 7.15. The summed E-state index contributed by atoms with van der Waals surface area (Å²) in [6.45, 7) is 5.49. The van der Waals surface area contributed by atoms with Gasteiger partial charge in [-0.1, -0.05) is 23.9 Å². The number of nitrogens with one attached hydrogen (secondary N) is 2. The van der Waals surface area contributed by atoms with E-state index in [0.29, 0.717) is 0 Å². The van der Waals surface area contributed by atoms with Crippen LogP contribution in [0, 0.1) is 11.6 Å². The number of thioether (sulfide) groups is 1. The van der Waals surface area contributed by atoms with E-state index in [-0.39, 0.29) is 53.3 Å². The molecule has 2 heterocycles. The topological polar surface area (TPSA) is 134 Å². The van der Waals surface area contributed by atoms with Gasteiger partial charge in [0.05, 0.1) is 0 Å². The van der Waals surface area contributed by atoms with Crippen LogP contribution < -0.4 is 14.8 Å². The lowest BCUT2D eigenvalue weighted by molar-refractivity contribution is -0.144. The first-order chi connectivity index (χ1) is 15.9. The van der Waals surface area contributed by atoms with Crippen LogP contribution >= 0.6 is 11.8 Å². The standard InChI is InChI=1S/C20H25F2N5O5S2/c1-11-8-27(9-12(2)23-11)34(30,31)26-16-7-17(32-13(3)19(28)29)25-20(24-16)33-10-14-5-4-6-15(21)18(14)22/h4-7,11-13,23H,8-10H2,1-3H3,(H,28,29)(H,24,25,26)/t11?,12?,13-/m1/s1. The van der Waals surface area contributed by atoms with Crippen molar-refractivity contribution in [3.63, 3.8) is 0 Å². The van der Waals surface area contributed by atoms with Crippen LogP contribution in [0.3, 0.4) is 0 Å². The van der Waals surface area contributed by atoms with E-state index in [1.54, 1.807) is 0 Å². The zero-order valence-electron chi connectivity index (χ0n) is 18.7. The van der Waals surface area contributed by atoms with Crippen molar-refractivity contribution in [2.75, 3.05) is 17.8 Å². The molecule has 0 saturated carbocycles. The number of nitrogens with zero attached hydrogens (tertiary/aromatic N) is 3. The van der Waals surface area contributed by atoms with Crippen LogP contribution in [0.25, 0.3) is 0 Å². The van der Waals surface area contributed by atoms with Gasteiger partial charge in [0, 0.05) is 42.6 Å². The second kappa shape index (κ2) is 10.8. The highest BCUT2D eigenvalue weighted by atomic mass is 32.2. The van der Waals surface area contributed by atoms with Crippen molar-refractivity contribution in [2.45, 2.75) is 49.9 Å². The molecule has 0 amide bonds. The summed E-state index contributed by atoms with van der Waals surface area (Å²) in [6, 6.07) is 4.79. The number of carboxylic acids is 1. The van der Waals surface area contributed by atoms with Crippen molar-refractivity contribution in [3.8, 4) is 5.88 Å². The summed E-state index contributed by atoms with van der Waals surface area (Å²) in [4.78, 5) is 19.4. The van der Waals surface area contributed by atoms with Gasteiger partial charge < -0.3 is 15.2 Å². The fourth-order valence-corrected chi connectivity index (χ4v) is 5.45. The first-order valence-corrected chi connectivity index (χ1v) is 12.8. The number of piperazine rings is 1. The van der Waals surface area contributed by atoms with Crippen LogP contribution in [-0.2, 0) is 20.8 Å². The second-order valence-electron chi connectivity index (χ2n) is 7.87. The maximum absolute atomic E-state index is 14.0. The molecule has 3 rings (SSSR count). The highest BCUT2D eigenvalue weighted by Crippen LogP contribution is 2.27. The summed E-state index contributed by atoms with van der Waals surface area (Å²) < 4.78 is 62.3. The molecule has 2 unspecified atom stereocenters. The minimum Gasteiger partial charge on any atom is -0.479 e. The summed E-state index contributed by atoms with van der Waals surface area (Å²) in [5.41, 5.74) is 0.0600. The molecule has 1 aliphatic rings. The summed E-state index contributed by atoms with van der Waals surface area (Å²) in [5.74, 6) is -3.65. The number of benzene rings is 1. The average molecular weight is 518 g/mol. The van der Waals surface area contributed by atoms with E-state index in [1.807, 2.05) is 13.8 Å². The van der Waals surface area contributed by atoms with Crippen LogP contribution in [-0.4, -0.2) is 65.0 Å². The zero-order chi connectivity index (χ0) is 25.0.